The maximum Gasteiger partial charge on any atom is 0.194 e. The summed E-state index contributed by atoms with van der Waals surface area (Å²) in [5.74, 6) is 0.924. The first-order chi connectivity index (χ1) is 13.6. The molecule has 1 N–H and O–H groups in total. The molecule has 3 rings (SSSR count). The summed E-state index contributed by atoms with van der Waals surface area (Å²) >= 11 is 0. The summed E-state index contributed by atoms with van der Waals surface area (Å²) < 4.78 is 36.5. The Kier molecular flexibility index (Phi) is 7.70. The number of nitrogens with one attached hydrogen (secondary N) is 1. The maximum atomic E-state index is 12.4. The predicted molar refractivity (Wildman–Crippen MR) is 109 cm³/mol. The number of ether oxygens (including phenoxy) is 2. The van der Waals surface area contributed by atoms with Crippen molar-refractivity contribution in [1.29, 1.82) is 0 Å². The molecule has 1 aromatic carbocycles. The van der Waals surface area contributed by atoms with Crippen molar-refractivity contribution in [1.82, 2.24) is 10.2 Å². The van der Waals surface area contributed by atoms with E-state index in [4.69, 9.17) is 9.47 Å². The van der Waals surface area contributed by atoms with Crippen LogP contribution in [-0.2, 0) is 19.3 Å². The fourth-order valence-corrected chi connectivity index (χ4v) is 4.92. The Labute approximate surface area is 168 Å². The highest BCUT2D eigenvalue weighted by Gasteiger charge is 2.32. The van der Waals surface area contributed by atoms with Crippen LogP contribution in [-0.4, -0.2) is 76.6 Å². The number of aliphatic imine (C=N–C) groups is 1. The number of guanidine groups is 1. The van der Waals surface area contributed by atoms with Gasteiger partial charge >= 0.3 is 0 Å². The molecule has 0 amide bonds. The van der Waals surface area contributed by atoms with Gasteiger partial charge in [0.15, 0.2) is 15.8 Å². The Morgan fingerprint density at radius 3 is 2.71 bits per heavy atom. The van der Waals surface area contributed by atoms with Crippen molar-refractivity contribution in [2.24, 2.45) is 4.99 Å². The van der Waals surface area contributed by atoms with Crippen LogP contribution in [0.4, 0.5) is 0 Å². The van der Waals surface area contributed by atoms with E-state index in [-0.39, 0.29) is 18.0 Å². The lowest BCUT2D eigenvalue weighted by molar-refractivity contribution is -0.0817. The van der Waals surface area contributed by atoms with Crippen molar-refractivity contribution < 1.29 is 17.9 Å². The van der Waals surface area contributed by atoms with E-state index in [0.29, 0.717) is 24.5 Å². The lowest BCUT2D eigenvalue weighted by atomic mass is 10.1. The molecular weight excluding hydrogens is 378 g/mol. The minimum absolute atomic E-state index is 0.0681. The van der Waals surface area contributed by atoms with Crippen LogP contribution in [0.25, 0.3) is 0 Å². The molecule has 0 spiro atoms. The molecule has 2 unspecified atom stereocenters. The molecule has 2 aliphatic rings. The van der Waals surface area contributed by atoms with Crippen molar-refractivity contribution in [3.05, 3.63) is 30.3 Å². The SMILES string of the molecule is CCNC(=NCCCS(=O)(=O)c1ccccc1)N1CCOC(C2CCCO2)C1. The molecule has 0 aliphatic carbocycles. The van der Waals surface area contributed by atoms with E-state index in [1.54, 1.807) is 24.3 Å². The van der Waals surface area contributed by atoms with Gasteiger partial charge < -0.3 is 19.7 Å². The molecule has 8 heteroatoms. The summed E-state index contributed by atoms with van der Waals surface area (Å²) in [5, 5.41) is 3.32. The van der Waals surface area contributed by atoms with Gasteiger partial charge in [0.25, 0.3) is 0 Å². The van der Waals surface area contributed by atoms with E-state index in [1.807, 2.05) is 13.0 Å². The Balaban J connectivity index is 1.55. The number of benzene rings is 1. The largest absolute Gasteiger partial charge is 0.375 e. The molecule has 1 aromatic rings. The van der Waals surface area contributed by atoms with Gasteiger partial charge in [-0.15, -0.1) is 0 Å². The minimum atomic E-state index is -3.26. The zero-order valence-corrected chi connectivity index (χ0v) is 17.4. The third kappa shape index (κ3) is 5.68. The van der Waals surface area contributed by atoms with Crippen LogP contribution in [0.3, 0.4) is 0 Å². The highest BCUT2D eigenvalue weighted by molar-refractivity contribution is 7.91. The van der Waals surface area contributed by atoms with Crippen molar-refractivity contribution in [3.63, 3.8) is 0 Å². The van der Waals surface area contributed by atoms with Gasteiger partial charge in [0.05, 0.1) is 23.4 Å². The molecule has 2 heterocycles. The zero-order valence-electron chi connectivity index (χ0n) is 16.5. The van der Waals surface area contributed by atoms with Crippen LogP contribution in [0.15, 0.2) is 40.2 Å². The quantitative estimate of drug-likeness (QED) is 0.419. The van der Waals surface area contributed by atoms with E-state index < -0.39 is 9.84 Å². The molecule has 0 aromatic heterocycles. The Morgan fingerprint density at radius 1 is 1.21 bits per heavy atom. The lowest BCUT2D eigenvalue weighted by Crippen LogP contribution is -2.53. The zero-order chi connectivity index (χ0) is 19.8. The molecule has 0 saturated carbocycles. The van der Waals surface area contributed by atoms with Crippen LogP contribution < -0.4 is 5.32 Å². The number of rotatable bonds is 7. The summed E-state index contributed by atoms with van der Waals surface area (Å²) in [6.45, 7) is 6.26. The van der Waals surface area contributed by atoms with Crippen LogP contribution in [0, 0.1) is 0 Å². The van der Waals surface area contributed by atoms with Gasteiger partial charge in [0, 0.05) is 32.8 Å². The molecule has 2 aliphatic heterocycles. The van der Waals surface area contributed by atoms with Gasteiger partial charge in [0.1, 0.15) is 6.10 Å². The fourth-order valence-electron chi connectivity index (χ4n) is 3.60. The topological polar surface area (TPSA) is 80.2 Å². The molecule has 2 saturated heterocycles. The second-order valence-electron chi connectivity index (χ2n) is 7.13. The van der Waals surface area contributed by atoms with Crippen LogP contribution in [0.5, 0.6) is 0 Å². The summed E-state index contributed by atoms with van der Waals surface area (Å²) in [7, 11) is -3.26. The average molecular weight is 410 g/mol. The highest BCUT2D eigenvalue weighted by Crippen LogP contribution is 2.21. The summed E-state index contributed by atoms with van der Waals surface area (Å²) in [6, 6.07) is 8.59. The van der Waals surface area contributed by atoms with Crippen molar-refractivity contribution in [3.8, 4) is 0 Å². The van der Waals surface area contributed by atoms with Crippen molar-refractivity contribution in [2.45, 2.75) is 43.3 Å². The van der Waals surface area contributed by atoms with Gasteiger partial charge in [-0.3, -0.25) is 4.99 Å². The third-order valence-corrected chi connectivity index (χ3v) is 6.86. The standard InChI is InChI=1S/C20H31N3O4S/c1-2-21-20(23-12-14-27-19(16-23)18-10-6-13-26-18)22-11-7-15-28(24,25)17-8-4-3-5-9-17/h3-5,8-9,18-19H,2,6-7,10-16H2,1H3,(H,21,22). The van der Waals surface area contributed by atoms with Crippen molar-refractivity contribution in [2.75, 3.05) is 45.1 Å². The molecule has 2 atom stereocenters. The van der Waals surface area contributed by atoms with Crippen molar-refractivity contribution >= 4 is 15.8 Å². The molecule has 7 nitrogen and oxygen atoms in total. The Morgan fingerprint density at radius 2 is 2.00 bits per heavy atom. The highest BCUT2D eigenvalue weighted by atomic mass is 32.2. The van der Waals surface area contributed by atoms with E-state index in [9.17, 15) is 8.42 Å². The summed E-state index contributed by atoms with van der Waals surface area (Å²) in [6.07, 6.45) is 2.87. The Hall–Kier alpha value is -1.64. The molecule has 0 bridgehead atoms. The number of hydrogen-bond acceptors (Lipinski definition) is 5. The first-order valence-electron chi connectivity index (χ1n) is 10.1. The van der Waals surface area contributed by atoms with E-state index >= 15 is 0 Å². The molecular formula is C20H31N3O4S. The smallest absolute Gasteiger partial charge is 0.194 e. The second-order valence-corrected chi connectivity index (χ2v) is 9.24. The van der Waals surface area contributed by atoms with Gasteiger partial charge in [-0.25, -0.2) is 8.42 Å². The first kappa shape index (κ1) is 21.1. The van der Waals surface area contributed by atoms with E-state index in [2.05, 4.69) is 15.2 Å². The minimum Gasteiger partial charge on any atom is -0.375 e. The van der Waals surface area contributed by atoms with Gasteiger partial charge in [-0.1, -0.05) is 18.2 Å². The van der Waals surface area contributed by atoms with Gasteiger partial charge in [-0.05, 0) is 38.3 Å². The second kappa shape index (κ2) is 10.2. The first-order valence-corrected chi connectivity index (χ1v) is 11.8. The van der Waals surface area contributed by atoms with Gasteiger partial charge in [0.2, 0.25) is 0 Å². The molecule has 0 radical (unpaired) electrons. The number of sulfone groups is 1. The normalized spacial score (nSPS) is 23.8. The maximum absolute atomic E-state index is 12.4. The fraction of sp³-hybridized carbons (Fsp3) is 0.650. The molecule has 2 fully saturated rings. The lowest BCUT2D eigenvalue weighted by Gasteiger charge is -2.37. The van der Waals surface area contributed by atoms with Gasteiger partial charge in [-0.2, -0.15) is 0 Å². The summed E-state index contributed by atoms with van der Waals surface area (Å²) in [4.78, 5) is 7.24. The van der Waals surface area contributed by atoms with Crippen LogP contribution in [0.2, 0.25) is 0 Å². The Bertz CT molecular complexity index is 733. The average Bonchev–Trinajstić information content (AvgIpc) is 3.26. The number of nitrogens with zero attached hydrogens (tertiary/aromatic N) is 2. The van der Waals surface area contributed by atoms with E-state index in [1.165, 1.54) is 0 Å². The van der Waals surface area contributed by atoms with Crippen LogP contribution in [0.1, 0.15) is 26.2 Å². The third-order valence-electron chi connectivity index (χ3n) is 5.04. The summed E-state index contributed by atoms with van der Waals surface area (Å²) in [5.41, 5.74) is 0. The molecule has 28 heavy (non-hydrogen) atoms. The monoisotopic (exact) mass is 409 g/mol. The molecule has 156 valence electrons. The number of morpholine rings is 1. The number of hydrogen-bond donors (Lipinski definition) is 1. The van der Waals surface area contributed by atoms with Crippen LogP contribution >= 0.6 is 0 Å². The predicted octanol–water partition coefficient (Wildman–Crippen LogP) is 1.70. The van der Waals surface area contributed by atoms with E-state index in [0.717, 1.165) is 45.0 Å².